The molecule has 0 heterocycles. The third-order valence-corrected chi connectivity index (χ3v) is 3.50. The molecule has 0 unspecified atom stereocenters. The monoisotopic (exact) mass is 287 g/mol. The maximum atomic E-state index is 5.65. The molecule has 1 N–H and O–H groups in total. The SMILES string of the molecule is CCCNCCOCCc1ccc2cc(OC)ccc2c1. The van der Waals surface area contributed by atoms with E-state index in [1.807, 2.05) is 6.07 Å². The van der Waals surface area contributed by atoms with Crippen LogP contribution in [0.5, 0.6) is 5.75 Å². The van der Waals surface area contributed by atoms with E-state index in [9.17, 15) is 0 Å². The van der Waals surface area contributed by atoms with Crippen LogP contribution in [0.15, 0.2) is 36.4 Å². The molecular formula is C18H25NO2. The van der Waals surface area contributed by atoms with Gasteiger partial charge in [0.1, 0.15) is 5.75 Å². The van der Waals surface area contributed by atoms with Gasteiger partial charge in [0.2, 0.25) is 0 Å². The van der Waals surface area contributed by atoms with Crippen molar-refractivity contribution in [2.75, 3.05) is 33.4 Å². The van der Waals surface area contributed by atoms with Gasteiger partial charge < -0.3 is 14.8 Å². The quantitative estimate of drug-likeness (QED) is 0.717. The highest BCUT2D eigenvalue weighted by Crippen LogP contribution is 2.22. The van der Waals surface area contributed by atoms with E-state index in [1.165, 1.54) is 22.8 Å². The third-order valence-electron chi connectivity index (χ3n) is 3.50. The molecular weight excluding hydrogens is 262 g/mol. The number of nitrogens with one attached hydrogen (secondary N) is 1. The summed E-state index contributed by atoms with van der Waals surface area (Å²) in [6.07, 6.45) is 2.12. The van der Waals surface area contributed by atoms with Crippen LogP contribution in [0, 0.1) is 0 Å². The summed E-state index contributed by atoms with van der Waals surface area (Å²) in [5, 5.41) is 5.79. The maximum absolute atomic E-state index is 5.65. The highest BCUT2D eigenvalue weighted by molar-refractivity contribution is 5.84. The fraction of sp³-hybridized carbons (Fsp3) is 0.444. The lowest BCUT2D eigenvalue weighted by Crippen LogP contribution is -2.20. The summed E-state index contributed by atoms with van der Waals surface area (Å²) in [6.45, 7) is 5.73. The van der Waals surface area contributed by atoms with Gasteiger partial charge in [-0.25, -0.2) is 0 Å². The summed E-state index contributed by atoms with van der Waals surface area (Å²) in [5.41, 5.74) is 1.31. The molecule has 3 nitrogen and oxygen atoms in total. The Hall–Kier alpha value is -1.58. The first-order valence-electron chi connectivity index (χ1n) is 7.68. The first kappa shape index (κ1) is 15.8. The zero-order chi connectivity index (χ0) is 14.9. The Morgan fingerprint density at radius 3 is 2.57 bits per heavy atom. The molecule has 2 aromatic rings. The number of benzene rings is 2. The van der Waals surface area contributed by atoms with Gasteiger partial charge in [0, 0.05) is 6.54 Å². The Morgan fingerprint density at radius 1 is 0.952 bits per heavy atom. The van der Waals surface area contributed by atoms with Crippen LogP contribution in [-0.4, -0.2) is 33.4 Å². The van der Waals surface area contributed by atoms with E-state index in [-0.39, 0.29) is 0 Å². The molecule has 114 valence electrons. The van der Waals surface area contributed by atoms with Crippen LogP contribution in [0.3, 0.4) is 0 Å². The molecule has 0 fully saturated rings. The summed E-state index contributed by atoms with van der Waals surface area (Å²) in [7, 11) is 1.70. The molecule has 0 spiro atoms. The van der Waals surface area contributed by atoms with E-state index in [1.54, 1.807) is 7.11 Å². The maximum Gasteiger partial charge on any atom is 0.119 e. The predicted molar refractivity (Wildman–Crippen MR) is 88.2 cm³/mol. The van der Waals surface area contributed by atoms with Gasteiger partial charge in [-0.1, -0.05) is 31.2 Å². The molecule has 2 rings (SSSR count). The molecule has 2 aromatic carbocycles. The molecule has 21 heavy (non-hydrogen) atoms. The van der Waals surface area contributed by atoms with E-state index in [0.717, 1.165) is 38.5 Å². The van der Waals surface area contributed by atoms with Crippen LogP contribution in [0.25, 0.3) is 10.8 Å². The van der Waals surface area contributed by atoms with Crippen molar-refractivity contribution in [3.05, 3.63) is 42.0 Å². The van der Waals surface area contributed by atoms with Gasteiger partial charge in [-0.3, -0.25) is 0 Å². The number of hydrogen-bond donors (Lipinski definition) is 1. The van der Waals surface area contributed by atoms with Gasteiger partial charge in [-0.2, -0.15) is 0 Å². The summed E-state index contributed by atoms with van der Waals surface area (Å²) >= 11 is 0. The molecule has 0 amide bonds. The lowest BCUT2D eigenvalue weighted by Gasteiger charge is -2.07. The molecule has 0 bridgehead atoms. The van der Waals surface area contributed by atoms with E-state index in [4.69, 9.17) is 9.47 Å². The largest absolute Gasteiger partial charge is 0.497 e. The van der Waals surface area contributed by atoms with Crippen molar-refractivity contribution in [1.29, 1.82) is 0 Å². The topological polar surface area (TPSA) is 30.5 Å². The van der Waals surface area contributed by atoms with Gasteiger partial charge in [0.05, 0.1) is 20.3 Å². The minimum Gasteiger partial charge on any atom is -0.497 e. The average Bonchev–Trinajstić information content (AvgIpc) is 2.53. The highest BCUT2D eigenvalue weighted by atomic mass is 16.5. The van der Waals surface area contributed by atoms with Crippen molar-refractivity contribution in [3.8, 4) is 5.75 Å². The van der Waals surface area contributed by atoms with Crippen LogP contribution < -0.4 is 10.1 Å². The normalized spacial score (nSPS) is 11.0. The van der Waals surface area contributed by atoms with Gasteiger partial charge in [-0.05, 0) is 47.9 Å². The lowest BCUT2D eigenvalue weighted by molar-refractivity contribution is 0.139. The van der Waals surface area contributed by atoms with Crippen molar-refractivity contribution in [1.82, 2.24) is 5.32 Å². The van der Waals surface area contributed by atoms with E-state index in [0.29, 0.717) is 0 Å². The second-order valence-electron chi connectivity index (χ2n) is 5.16. The van der Waals surface area contributed by atoms with E-state index in [2.05, 4.69) is 42.6 Å². The second kappa shape index (κ2) is 8.65. The number of hydrogen-bond acceptors (Lipinski definition) is 3. The van der Waals surface area contributed by atoms with Crippen LogP contribution in [0.1, 0.15) is 18.9 Å². The average molecular weight is 287 g/mol. The van der Waals surface area contributed by atoms with Crippen molar-refractivity contribution in [2.24, 2.45) is 0 Å². The first-order valence-corrected chi connectivity index (χ1v) is 7.68. The van der Waals surface area contributed by atoms with Gasteiger partial charge >= 0.3 is 0 Å². The molecule has 3 heteroatoms. The van der Waals surface area contributed by atoms with Gasteiger partial charge in [0.25, 0.3) is 0 Å². The molecule has 0 atom stereocenters. The number of fused-ring (bicyclic) bond motifs is 1. The Labute approximate surface area is 127 Å². The van der Waals surface area contributed by atoms with Crippen molar-refractivity contribution >= 4 is 10.8 Å². The third kappa shape index (κ3) is 5.03. The van der Waals surface area contributed by atoms with Crippen LogP contribution in [0.4, 0.5) is 0 Å². The van der Waals surface area contributed by atoms with Crippen molar-refractivity contribution < 1.29 is 9.47 Å². The second-order valence-corrected chi connectivity index (χ2v) is 5.16. The molecule has 0 saturated heterocycles. The lowest BCUT2D eigenvalue weighted by atomic mass is 10.1. The number of methoxy groups -OCH3 is 1. The number of ether oxygens (including phenoxy) is 2. The molecule has 0 aliphatic heterocycles. The summed E-state index contributed by atoms with van der Waals surface area (Å²) in [6, 6.07) is 12.7. The zero-order valence-corrected chi connectivity index (χ0v) is 13.0. The fourth-order valence-corrected chi connectivity index (χ4v) is 2.29. The highest BCUT2D eigenvalue weighted by Gasteiger charge is 1.99. The summed E-state index contributed by atoms with van der Waals surface area (Å²) in [5.74, 6) is 0.901. The molecule has 0 aliphatic carbocycles. The van der Waals surface area contributed by atoms with Crippen molar-refractivity contribution in [3.63, 3.8) is 0 Å². The molecule has 0 aromatic heterocycles. The smallest absolute Gasteiger partial charge is 0.119 e. The Balaban J connectivity index is 1.80. The summed E-state index contributed by atoms with van der Waals surface area (Å²) < 4.78 is 10.9. The van der Waals surface area contributed by atoms with Crippen LogP contribution in [-0.2, 0) is 11.2 Å². The Bertz CT molecular complexity index is 554. The fourth-order valence-electron chi connectivity index (χ4n) is 2.29. The van der Waals surface area contributed by atoms with Crippen molar-refractivity contribution in [2.45, 2.75) is 19.8 Å². The first-order chi connectivity index (χ1) is 10.3. The Morgan fingerprint density at radius 2 is 1.76 bits per heavy atom. The Kier molecular flexibility index (Phi) is 6.51. The molecule has 0 radical (unpaired) electrons. The predicted octanol–water partition coefficient (Wildman–Crippen LogP) is 3.41. The van der Waals surface area contributed by atoms with E-state index < -0.39 is 0 Å². The van der Waals surface area contributed by atoms with Crippen LogP contribution >= 0.6 is 0 Å². The minimum atomic E-state index is 0.773. The minimum absolute atomic E-state index is 0.773. The molecule has 0 aliphatic rings. The standard InChI is InChI=1S/C18H25NO2/c1-3-9-19-10-12-21-11-8-15-4-5-17-14-18(20-2)7-6-16(17)13-15/h4-7,13-14,19H,3,8-12H2,1-2H3. The summed E-state index contributed by atoms with van der Waals surface area (Å²) in [4.78, 5) is 0. The van der Waals surface area contributed by atoms with Gasteiger partial charge in [0.15, 0.2) is 0 Å². The van der Waals surface area contributed by atoms with Crippen LogP contribution in [0.2, 0.25) is 0 Å². The van der Waals surface area contributed by atoms with E-state index >= 15 is 0 Å². The van der Waals surface area contributed by atoms with Gasteiger partial charge in [-0.15, -0.1) is 0 Å². The number of rotatable bonds is 9. The molecule has 0 saturated carbocycles. The zero-order valence-electron chi connectivity index (χ0n) is 13.0.